The van der Waals surface area contributed by atoms with Crippen LogP contribution < -0.4 is 0 Å². The lowest BCUT2D eigenvalue weighted by Gasteiger charge is -2.19. The molecular formula is C22H43NS2. The van der Waals surface area contributed by atoms with E-state index < -0.39 is 0 Å². The molecule has 0 N–H and O–H groups in total. The van der Waals surface area contributed by atoms with Crippen molar-refractivity contribution in [3.05, 3.63) is 11.6 Å². The van der Waals surface area contributed by atoms with Crippen molar-refractivity contribution in [1.82, 2.24) is 4.90 Å². The van der Waals surface area contributed by atoms with Crippen LogP contribution in [-0.4, -0.2) is 28.3 Å². The maximum Gasteiger partial charge on any atom is 0.0675 e. The van der Waals surface area contributed by atoms with Crippen LogP contribution in [0.1, 0.15) is 104 Å². The molecule has 1 atom stereocenters. The quantitative estimate of drug-likeness (QED) is 0.220. The van der Waals surface area contributed by atoms with Crippen molar-refractivity contribution < 1.29 is 0 Å². The molecule has 1 nitrogen and oxygen atoms in total. The summed E-state index contributed by atoms with van der Waals surface area (Å²) in [5, 5.41) is 2.98. The fourth-order valence-electron chi connectivity index (χ4n) is 3.39. The van der Waals surface area contributed by atoms with Crippen LogP contribution in [-0.2, 0) is 0 Å². The molecule has 0 aliphatic carbocycles. The van der Waals surface area contributed by atoms with Crippen molar-refractivity contribution in [2.45, 2.75) is 109 Å². The van der Waals surface area contributed by atoms with Gasteiger partial charge < -0.3 is 4.90 Å². The molecule has 1 unspecified atom stereocenters. The number of hydrogen-bond donors (Lipinski definition) is 0. The summed E-state index contributed by atoms with van der Waals surface area (Å²) < 4.78 is 0. The van der Waals surface area contributed by atoms with E-state index in [-0.39, 0.29) is 0 Å². The summed E-state index contributed by atoms with van der Waals surface area (Å²) >= 11 is 4.07. The molecule has 0 aromatic heterocycles. The van der Waals surface area contributed by atoms with Crippen LogP contribution in [0.4, 0.5) is 0 Å². The van der Waals surface area contributed by atoms with Gasteiger partial charge in [-0.1, -0.05) is 97.3 Å². The third-order valence-corrected chi connectivity index (χ3v) is 7.04. The molecule has 0 spiro atoms. The van der Waals surface area contributed by atoms with Gasteiger partial charge in [0.05, 0.1) is 5.88 Å². The lowest BCUT2D eigenvalue weighted by Crippen LogP contribution is -2.22. The van der Waals surface area contributed by atoms with E-state index in [1.165, 1.54) is 102 Å². The highest BCUT2D eigenvalue weighted by atomic mass is 32.2. The SMILES string of the molecule is CCCCCCCCCCCCCCCCSC(C)CN1C=CSC1. The zero-order valence-electron chi connectivity index (χ0n) is 17.0. The van der Waals surface area contributed by atoms with E-state index in [0.717, 1.165) is 11.1 Å². The summed E-state index contributed by atoms with van der Waals surface area (Å²) in [6.45, 7) is 5.89. The van der Waals surface area contributed by atoms with E-state index in [1.54, 1.807) is 0 Å². The third-order valence-electron chi connectivity index (χ3n) is 5.00. The molecule has 1 heterocycles. The minimum absolute atomic E-state index is 0.769. The molecule has 1 rings (SSSR count). The fraction of sp³-hybridized carbons (Fsp3) is 0.909. The average molecular weight is 386 g/mol. The third kappa shape index (κ3) is 15.0. The molecule has 0 saturated carbocycles. The van der Waals surface area contributed by atoms with Gasteiger partial charge in [0, 0.05) is 18.0 Å². The molecule has 0 bridgehead atoms. The molecule has 0 aromatic carbocycles. The number of hydrogen-bond acceptors (Lipinski definition) is 3. The Hall–Kier alpha value is 0.240. The molecule has 3 heteroatoms. The molecule has 1 aliphatic rings. The Morgan fingerprint density at radius 2 is 1.36 bits per heavy atom. The maximum atomic E-state index is 2.44. The monoisotopic (exact) mass is 385 g/mol. The lowest BCUT2D eigenvalue weighted by atomic mass is 10.0. The highest BCUT2D eigenvalue weighted by Crippen LogP contribution is 2.20. The van der Waals surface area contributed by atoms with Gasteiger partial charge in [0.25, 0.3) is 0 Å². The second kappa shape index (κ2) is 17.6. The Kier molecular flexibility index (Phi) is 16.4. The predicted molar refractivity (Wildman–Crippen MR) is 121 cm³/mol. The maximum absolute atomic E-state index is 2.44. The highest BCUT2D eigenvalue weighted by molar-refractivity contribution is 8.02. The van der Waals surface area contributed by atoms with Gasteiger partial charge in [0.15, 0.2) is 0 Å². The van der Waals surface area contributed by atoms with Crippen LogP contribution >= 0.6 is 23.5 Å². The van der Waals surface area contributed by atoms with Crippen molar-refractivity contribution in [1.29, 1.82) is 0 Å². The summed E-state index contributed by atoms with van der Waals surface area (Å²) in [6.07, 6.45) is 22.6. The van der Waals surface area contributed by atoms with E-state index in [0.29, 0.717) is 0 Å². The summed E-state index contributed by atoms with van der Waals surface area (Å²) in [4.78, 5) is 2.44. The second-order valence-corrected chi connectivity index (χ2v) is 10.0. The number of rotatable bonds is 18. The van der Waals surface area contributed by atoms with Crippen molar-refractivity contribution >= 4 is 23.5 Å². The predicted octanol–water partition coefficient (Wildman–Crippen LogP) is 8.07. The molecule has 148 valence electrons. The van der Waals surface area contributed by atoms with Crippen LogP contribution in [0, 0.1) is 0 Å². The van der Waals surface area contributed by atoms with Crippen LogP contribution in [0.25, 0.3) is 0 Å². The Balaban J connectivity index is 1.71. The van der Waals surface area contributed by atoms with Crippen molar-refractivity contribution in [3.8, 4) is 0 Å². The standard InChI is InChI=1S/C22H43NS2/c1-3-4-5-6-7-8-9-10-11-12-13-14-15-16-18-25-22(2)20-23-17-19-24-21-23/h17,19,22H,3-16,18,20-21H2,1-2H3. The number of nitrogens with zero attached hydrogens (tertiary/aromatic N) is 1. The minimum Gasteiger partial charge on any atom is -0.366 e. The molecule has 1 aliphatic heterocycles. The Morgan fingerprint density at radius 3 is 1.84 bits per heavy atom. The first-order valence-corrected chi connectivity index (χ1v) is 13.1. The summed E-state index contributed by atoms with van der Waals surface area (Å²) in [5.41, 5.74) is 0. The molecule has 0 aromatic rings. The molecular weight excluding hydrogens is 342 g/mol. The first-order valence-electron chi connectivity index (χ1n) is 11.0. The Bertz CT molecular complexity index is 306. The van der Waals surface area contributed by atoms with E-state index in [4.69, 9.17) is 0 Å². The first kappa shape index (κ1) is 23.3. The topological polar surface area (TPSA) is 3.24 Å². The van der Waals surface area contributed by atoms with Gasteiger partial charge in [0.1, 0.15) is 0 Å². The van der Waals surface area contributed by atoms with Crippen molar-refractivity contribution in [2.24, 2.45) is 0 Å². The van der Waals surface area contributed by atoms with Crippen LogP contribution in [0.15, 0.2) is 11.6 Å². The van der Waals surface area contributed by atoms with Gasteiger partial charge in [-0.15, -0.1) is 11.8 Å². The van der Waals surface area contributed by atoms with E-state index in [2.05, 4.69) is 42.1 Å². The molecule has 0 amide bonds. The van der Waals surface area contributed by atoms with Crippen molar-refractivity contribution in [3.63, 3.8) is 0 Å². The van der Waals surface area contributed by atoms with Gasteiger partial charge in [-0.3, -0.25) is 0 Å². The average Bonchev–Trinajstić information content (AvgIpc) is 3.11. The zero-order chi connectivity index (χ0) is 18.0. The Morgan fingerprint density at radius 1 is 0.840 bits per heavy atom. The normalized spacial score (nSPS) is 15.2. The minimum atomic E-state index is 0.769. The molecule has 25 heavy (non-hydrogen) atoms. The second-order valence-electron chi connectivity index (χ2n) is 7.63. The van der Waals surface area contributed by atoms with E-state index in [9.17, 15) is 0 Å². The van der Waals surface area contributed by atoms with Crippen LogP contribution in [0.5, 0.6) is 0 Å². The number of unbranched alkanes of at least 4 members (excludes halogenated alkanes) is 13. The largest absolute Gasteiger partial charge is 0.366 e. The fourth-order valence-corrected chi connectivity index (χ4v) is 5.19. The molecule has 0 radical (unpaired) electrons. The van der Waals surface area contributed by atoms with Crippen LogP contribution in [0.2, 0.25) is 0 Å². The van der Waals surface area contributed by atoms with E-state index in [1.807, 2.05) is 11.8 Å². The van der Waals surface area contributed by atoms with Crippen molar-refractivity contribution in [2.75, 3.05) is 18.2 Å². The van der Waals surface area contributed by atoms with Gasteiger partial charge >= 0.3 is 0 Å². The van der Waals surface area contributed by atoms with Gasteiger partial charge in [-0.05, 0) is 17.6 Å². The summed E-state index contributed by atoms with van der Waals surface area (Å²) in [5.74, 6) is 2.51. The summed E-state index contributed by atoms with van der Waals surface area (Å²) in [6, 6.07) is 0. The summed E-state index contributed by atoms with van der Waals surface area (Å²) in [7, 11) is 0. The molecule has 0 fully saturated rings. The zero-order valence-corrected chi connectivity index (χ0v) is 18.6. The Labute approximate surface area is 167 Å². The number of thioether (sulfide) groups is 2. The highest BCUT2D eigenvalue weighted by Gasteiger charge is 2.09. The van der Waals surface area contributed by atoms with Gasteiger partial charge in [0.2, 0.25) is 0 Å². The first-order chi connectivity index (χ1) is 12.3. The van der Waals surface area contributed by atoms with Crippen LogP contribution in [0.3, 0.4) is 0 Å². The van der Waals surface area contributed by atoms with Gasteiger partial charge in [-0.2, -0.15) is 11.8 Å². The van der Waals surface area contributed by atoms with E-state index >= 15 is 0 Å². The smallest absolute Gasteiger partial charge is 0.0675 e. The lowest BCUT2D eigenvalue weighted by molar-refractivity contribution is 0.451. The van der Waals surface area contributed by atoms with Gasteiger partial charge in [-0.25, -0.2) is 0 Å². The molecule has 0 saturated heterocycles.